The van der Waals surface area contributed by atoms with Crippen LogP contribution in [-0.4, -0.2) is 70.8 Å². The minimum Gasteiger partial charge on any atom is -0.379 e. The van der Waals surface area contributed by atoms with E-state index in [0.29, 0.717) is 45.4 Å². The molecular formula is C20H33IN4O4S. The van der Waals surface area contributed by atoms with Crippen molar-refractivity contribution in [2.75, 3.05) is 46.5 Å². The number of halogens is 1. The maximum atomic E-state index is 12.8. The van der Waals surface area contributed by atoms with Crippen LogP contribution in [0.2, 0.25) is 0 Å². The molecule has 0 saturated carbocycles. The quantitative estimate of drug-likeness (QED) is 0.304. The first kappa shape index (κ1) is 25.3. The Kier molecular flexibility index (Phi) is 9.79. The molecule has 0 bridgehead atoms. The molecule has 0 aromatic heterocycles. The van der Waals surface area contributed by atoms with Crippen LogP contribution in [0, 0.1) is 0 Å². The van der Waals surface area contributed by atoms with E-state index in [0.717, 1.165) is 30.6 Å². The molecule has 2 aliphatic rings. The van der Waals surface area contributed by atoms with Crippen molar-refractivity contribution in [3.05, 3.63) is 35.4 Å². The fraction of sp³-hybridized carbons (Fsp3) is 0.650. The molecule has 8 nitrogen and oxygen atoms in total. The van der Waals surface area contributed by atoms with E-state index in [4.69, 9.17) is 9.47 Å². The molecule has 3 rings (SSSR count). The summed E-state index contributed by atoms with van der Waals surface area (Å²) in [5, 5.41) is 6.60. The number of ether oxygens (including phenoxy) is 2. The summed E-state index contributed by atoms with van der Waals surface area (Å²) in [7, 11) is -1.65. The third-order valence-corrected chi connectivity index (χ3v) is 7.25. The minimum absolute atomic E-state index is 0. The SMILES string of the molecule is CN=C(NCc1ccccc1CS(=O)(=O)N1CCOCC1)NCC1(C)CCCO1.I. The molecule has 2 heterocycles. The number of benzene rings is 1. The molecular weight excluding hydrogens is 519 g/mol. The summed E-state index contributed by atoms with van der Waals surface area (Å²) < 4.78 is 38.2. The van der Waals surface area contributed by atoms with Gasteiger partial charge in [-0.15, -0.1) is 24.0 Å². The van der Waals surface area contributed by atoms with E-state index < -0.39 is 10.0 Å². The van der Waals surface area contributed by atoms with Crippen molar-refractivity contribution in [2.24, 2.45) is 4.99 Å². The summed E-state index contributed by atoms with van der Waals surface area (Å²) in [4.78, 5) is 4.27. The molecule has 10 heteroatoms. The monoisotopic (exact) mass is 552 g/mol. The lowest BCUT2D eigenvalue weighted by molar-refractivity contribution is 0.0243. The van der Waals surface area contributed by atoms with E-state index in [1.54, 1.807) is 7.05 Å². The van der Waals surface area contributed by atoms with Crippen molar-refractivity contribution in [2.45, 2.75) is 37.7 Å². The molecule has 1 aromatic carbocycles. The van der Waals surface area contributed by atoms with Crippen LogP contribution in [0.4, 0.5) is 0 Å². The molecule has 1 aromatic rings. The fourth-order valence-electron chi connectivity index (χ4n) is 3.63. The zero-order valence-electron chi connectivity index (χ0n) is 17.7. The average Bonchev–Trinajstić information content (AvgIpc) is 3.16. The fourth-order valence-corrected chi connectivity index (χ4v) is 5.19. The Morgan fingerprint density at radius 2 is 1.87 bits per heavy atom. The van der Waals surface area contributed by atoms with E-state index in [1.165, 1.54) is 4.31 Å². The second-order valence-electron chi connectivity index (χ2n) is 7.72. The van der Waals surface area contributed by atoms with Gasteiger partial charge in [0.1, 0.15) is 0 Å². The van der Waals surface area contributed by atoms with Gasteiger partial charge in [0, 0.05) is 39.8 Å². The smallest absolute Gasteiger partial charge is 0.218 e. The lowest BCUT2D eigenvalue weighted by Crippen LogP contribution is -2.45. The average molecular weight is 552 g/mol. The molecule has 1 atom stereocenters. The second-order valence-corrected chi connectivity index (χ2v) is 9.69. The molecule has 2 N–H and O–H groups in total. The van der Waals surface area contributed by atoms with Crippen molar-refractivity contribution in [3.63, 3.8) is 0 Å². The van der Waals surface area contributed by atoms with Crippen LogP contribution >= 0.6 is 24.0 Å². The highest BCUT2D eigenvalue weighted by Gasteiger charge is 2.30. The number of nitrogens with zero attached hydrogens (tertiary/aromatic N) is 2. The Labute approximate surface area is 196 Å². The van der Waals surface area contributed by atoms with Gasteiger partial charge in [-0.1, -0.05) is 24.3 Å². The number of guanidine groups is 1. The Bertz CT molecular complexity index is 807. The summed E-state index contributed by atoms with van der Waals surface area (Å²) in [6.07, 6.45) is 2.11. The minimum atomic E-state index is -3.37. The summed E-state index contributed by atoms with van der Waals surface area (Å²) >= 11 is 0. The van der Waals surface area contributed by atoms with E-state index in [1.807, 2.05) is 24.3 Å². The van der Waals surface area contributed by atoms with Crippen LogP contribution in [0.1, 0.15) is 30.9 Å². The van der Waals surface area contributed by atoms with Crippen LogP contribution in [0.5, 0.6) is 0 Å². The van der Waals surface area contributed by atoms with E-state index in [2.05, 4.69) is 22.5 Å². The van der Waals surface area contributed by atoms with E-state index in [-0.39, 0.29) is 35.3 Å². The zero-order valence-corrected chi connectivity index (χ0v) is 20.9. The summed E-state index contributed by atoms with van der Waals surface area (Å²) in [5.74, 6) is 0.663. The van der Waals surface area contributed by atoms with Gasteiger partial charge in [-0.2, -0.15) is 4.31 Å². The molecule has 2 aliphatic heterocycles. The van der Waals surface area contributed by atoms with Crippen molar-refractivity contribution in [3.8, 4) is 0 Å². The van der Waals surface area contributed by atoms with Crippen molar-refractivity contribution >= 4 is 40.0 Å². The zero-order chi connectivity index (χ0) is 20.7. The Balaban J connectivity index is 0.00000320. The lowest BCUT2D eigenvalue weighted by Gasteiger charge is -2.26. The summed E-state index contributed by atoms with van der Waals surface area (Å²) in [6, 6.07) is 7.62. The van der Waals surface area contributed by atoms with Gasteiger partial charge in [0.2, 0.25) is 10.0 Å². The molecule has 170 valence electrons. The Morgan fingerprint density at radius 1 is 1.17 bits per heavy atom. The van der Waals surface area contributed by atoms with Gasteiger partial charge < -0.3 is 20.1 Å². The van der Waals surface area contributed by atoms with Crippen LogP contribution in [0.3, 0.4) is 0 Å². The van der Waals surface area contributed by atoms with E-state index in [9.17, 15) is 8.42 Å². The number of sulfonamides is 1. The van der Waals surface area contributed by atoms with Crippen molar-refractivity contribution in [1.82, 2.24) is 14.9 Å². The number of hydrogen-bond donors (Lipinski definition) is 2. The highest BCUT2D eigenvalue weighted by atomic mass is 127. The van der Waals surface area contributed by atoms with Crippen molar-refractivity contribution < 1.29 is 17.9 Å². The normalized spacial score (nSPS) is 23.1. The topological polar surface area (TPSA) is 92.3 Å². The molecule has 1 unspecified atom stereocenters. The number of nitrogens with one attached hydrogen (secondary N) is 2. The van der Waals surface area contributed by atoms with Gasteiger partial charge in [-0.05, 0) is 30.9 Å². The Morgan fingerprint density at radius 3 is 2.50 bits per heavy atom. The second kappa shape index (κ2) is 11.6. The van der Waals surface area contributed by atoms with Gasteiger partial charge in [0.05, 0.1) is 24.6 Å². The summed E-state index contributed by atoms with van der Waals surface area (Å²) in [5.41, 5.74) is 1.57. The lowest BCUT2D eigenvalue weighted by atomic mass is 10.0. The predicted octanol–water partition coefficient (Wildman–Crippen LogP) is 1.70. The van der Waals surface area contributed by atoms with Gasteiger partial charge in [0.15, 0.2) is 5.96 Å². The highest BCUT2D eigenvalue weighted by Crippen LogP contribution is 2.23. The molecule has 0 radical (unpaired) electrons. The predicted molar refractivity (Wildman–Crippen MR) is 129 cm³/mol. The maximum Gasteiger partial charge on any atom is 0.218 e. The molecule has 0 amide bonds. The molecule has 2 fully saturated rings. The first-order valence-corrected chi connectivity index (χ1v) is 11.7. The van der Waals surface area contributed by atoms with Gasteiger partial charge in [-0.25, -0.2) is 8.42 Å². The third-order valence-electron chi connectivity index (χ3n) is 5.42. The largest absolute Gasteiger partial charge is 0.379 e. The van der Waals surface area contributed by atoms with Crippen molar-refractivity contribution in [1.29, 1.82) is 0 Å². The molecule has 0 spiro atoms. The molecule has 0 aliphatic carbocycles. The van der Waals surface area contributed by atoms with Gasteiger partial charge in [-0.3, -0.25) is 4.99 Å². The highest BCUT2D eigenvalue weighted by molar-refractivity contribution is 14.0. The standard InChI is InChI=1S/C20H32N4O4S.HI/c1-20(8-5-11-28-20)16-23-19(21-2)22-14-17-6-3-4-7-18(17)15-29(25,26)24-9-12-27-13-10-24;/h3-4,6-7H,5,8-16H2,1-2H3,(H2,21,22,23);1H. The van der Waals surface area contributed by atoms with Crippen LogP contribution in [0.25, 0.3) is 0 Å². The first-order valence-electron chi connectivity index (χ1n) is 10.1. The number of rotatable bonds is 7. The molecule has 2 saturated heterocycles. The first-order chi connectivity index (χ1) is 13.9. The number of morpholine rings is 1. The van der Waals surface area contributed by atoms with Gasteiger partial charge in [0.25, 0.3) is 0 Å². The van der Waals surface area contributed by atoms with Crippen LogP contribution < -0.4 is 10.6 Å². The van der Waals surface area contributed by atoms with Crippen LogP contribution in [-0.2, 0) is 31.8 Å². The maximum absolute atomic E-state index is 12.8. The molecule has 30 heavy (non-hydrogen) atoms. The van der Waals surface area contributed by atoms with Crippen LogP contribution in [0.15, 0.2) is 29.3 Å². The summed E-state index contributed by atoms with van der Waals surface area (Å²) in [6.45, 7) is 5.81. The number of hydrogen-bond acceptors (Lipinski definition) is 5. The number of aliphatic imine (C=N–C) groups is 1. The Hall–Kier alpha value is -0.950. The van der Waals surface area contributed by atoms with E-state index >= 15 is 0 Å². The van der Waals surface area contributed by atoms with Gasteiger partial charge >= 0.3 is 0 Å². The third kappa shape index (κ3) is 7.04.